The van der Waals surface area contributed by atoms with Crippen molar-refractivity contribution >= 4 is 40.2 Å². The Balaban J connectivity index is 1.39. The van der Waals surface area contributed by atoms with Gasteiger partial charge in [-0.2, -0.15) is 10.5 Å². The molecule has 8 rings (SSSR count). The molecule has 0 N–H and O–H groups in total. The minimum atomic E-state index is -0.177. The number of benzene rings is 5. The number of nitriles is 2. The van der Waals surface area contributed by atoms with Crippen LogP contribution in [0.15, 0.2) is 97.1 Å². The fourth-order valence-electron chi connectivity index (χ4n) is 6.69. The first kappa shape index (κ1) is 23.4. The van der Waals surface area contributed by atoms with Crippen molar-refractivity contribution in [3.63, 3.8) is 0 Å². The van der Waals surface area contributed by atoms with Crippen LogP contribution in [0.25, 0.3) is 0 Å². The van der Waals surface area contributed by atoms with Crippen LogP contribution in [-0.2, 0) is 5.41 Å². The van der Waals surface area contributed by atoms with Gasteiger partial charge in [-0.1, -0.05) is 62.4 Å². The second kappa shape index (κ2) is 8.27. The summed E-state index contributed by atoms with van der Waals surface area (Å²) in [5, 5.41) is 19.2. The minimum Gasteiger partial charge on any atom is -0.458 e. The van der Waals surface area contributed by atoms with Crippen LogP contribution in [0.2, 0.25) is 0 Å². The number of fused-ring (bicyclic) bond motifs is 6. The summed E-state index contributed by atoms with van der Waals surface area (Å²) in [4.78, 5) is 2.27. The van der Waals surface area contributed by atoms with Crippen molar-refractivity contribution in [2.24, 2.45) is 0 Å². The van der Waals surface area contributed by atoms with Crippen molar-refractivity contribution in [3.8, 4) is 35.1 Å². The van der Waals surface area contributed by atoms with E-state index < -0.39 is 0 Å². The van der Waals surface area contributed by atoms with Crippen LogP contribution in [0, 0.1) is 22.7 Å². The lowest BCUT2D eigenvalue weighted by molar-refractivity contribution is 0.464. The quantitative estimate of drug-likeness (QED) is 0.236. The first-order valence-electron chi connectivity index (χ1n) is 13.6. The summed E-state index contributed by atoms with van der Waals surface area (Å²) < 4.78 is 13.1. The molecule has 6 heteroatoms. The number of anilines is 3. The summed E-state index contributed by atoms with van der Waals surface area (Å²) in [5.41, 5.74) is 9.37. The van der Waals surface area contributed by atoms with Gasteiger partial charge < -0.3 is 14.4 Å². The molecule has 0 amide bonds. The lowest BCUT2D eigenvalue weighted by Crippen LogP contribution is -2.57. The molecule has 0 atom stereocenters. The summed E-state index contributed by atoms with van der Waals surface area (Å²) in [5.74, 6) is 2.70. The molecule has 0 bridgehead atoms. The predicted molar refractivity (Wildman–Crippen MR) is 160 cm³/mol. The molecule has 5 nitrogen and oxygen atoms in total. The van der Waals surface area contributed by atoms with Crippen LogP contribution in [0.3, 0.4) is 0 Å². The van der Waals surface area contributed by atoms with Crippen molar-refractivity contribution in [2.45, 2.75) is 19.3 Å². The average molecular weight is 527 g/mol. The van der Waals surface area contributed by atoms with Crippen LogP contribution in [0.5, 0.6) is 23.0 Å². The number of rotatable bonds is 1. The molecule has 5 aromatic rings. The molecule has 5 aromatic carbocycles. The van der Waals surface area contributed by atoms with Crippen LogP contribution in [0.1, 0.15) is 36.1 Å². The Morgan fingerprint density at radius 2 is 1.12 bits per heavy atom. The third kappa shape index (κ3) is 3.22. The summed E-state index contributed by atoms with van der Waals surface area (Å²) in [6.07, 6.45) is 0. The lowest BCUT2D eigenvalue weighted by atomic mass is 9.35. The molecule has 3 aliphatic rings. The van der Waals surface area contributed by atoms with E-state index in [4.69, 9.17) is 9.47 Å². The monoisotopic (exact) mass is 527 g/mol. The molecule has 0 aromatic heterocycles. The van der Waals surface area contributed by atoms with Crippen molar-refractivity contribution < 1.29 is 9.47 Å². The zero-order valence-electron chi connectivity index (χ0n) is 22.5. The molecular weight excluding hydrogens is 505 g/mol. The van der Waals surface area contributed by atoms with E-state index in [0.29, 0.717) is 34.1 Å². The van der Waals surface area contributed by atoms with Gasteiger partial charge in [0.2, 0.25) is 0 Å². The smallest absolute Gasteiger partial charge is 0.260 e. The normalized spacial score (nSPS) is 14.5. The Morgan fingerprint density at radius 3 is 1.61 bits per heavy atom. The maximum atomic E-state index is 9.61. The Labute approximate surface area is 238 Å². The number of para-hydroxylation sites is 2. The predicted octanol–water partition coefficient (Wildman–Crippen LogP) is 6.27. The van der Waals surface area contributed by atoms with E-state index in [0.717, 1.165) is 33.5 Å². The fourth-order valence-corrected chi connectivity index (χ4v) is 6.69. The van der Waals surface area contributed by atoms with Crippen molar-refractivity contribution in [1.82, 2.24) is 0 Å². The molecular formula is C35H22BN3O2. The molecule has 3 heterocycles. The van der Waals surface area contributed by atoms with E-state index in [1.165, 1.54) is 11.1 Å². The summed E-state index contributed by atoms with van der Waals surface area (Å²) in [6, 6.07) is 36.8. The number of hydrogen-bond acceptors (Lipinski definition) is 5. The molecule has 0 unspecified atom stereocenters. The molecule has 0 aliphatic carbocycles. The highest BCUT2D eigenvalue weighted by molar-refractivity contribution is 6.98. The Morgan fingerprint density at radius 1 is 0.634 bits per heavy atom. The van der Waals surface area contributed by atoms with Gasteiger partial charge in [0.15, 0.2) is 0 Å². The summed E-state index contributed by atoms with van der Waals surface area (Å²) in [7, 11) is 0. The lowest BCUT2D eigenvalue weighted by Gasteiger charge is -2.42. The summed E-state index contributed by atoms with van der Waals surface area (Å²) >= 11 is 0. The van der Waals surface area contributed by atoms with E-state index in [1.54, 1.807) is 12.1 Å². The Kier molecular flexibility index (Phi) is 4.73. The molecule has 0 saturated carbocycles. The number of hydrogen-bond donors (Lipinski definition) is 0. The van der Waals surface area contributed by atoms with Crippen molar-refractivity contribution in [3.05, 3.63) is 119 Å². The van der Waals surface area contributed by atoms with Gasteiger partial charge >= 0.3 is 0 Å². The van der Waals surface area contributed by atoms with Gasteiger partial charge in [0.25, 0.3) is 6.71 Å². The largest absolute Gasteiger partial charge is 0.458 e. The number of nitrogens with zero attached hydrogens (tertiary/aromatic N) is 3. The molecule has 0 fully saturated rings. The topological polar surface area (TPSA) is 69.3 Å². The van der Waals surface area contributed by atoms with Crippen LogP contribution in [-0.4, -0.2) is 6.71 Å². The second-order valence-corrected chi connectivity index (χ2v) is 11.2. The van der Waals surface area contributed by atoms with E-state index in [9.17, 15) is 10.5 Å². The van der Waals surface area contributed by atoms with E-state index >= 15 is 0 Å². The Hall–Kier alpha value is -5.46. The van der Waals surface area contributed by atoms with Gasteiger partial charge in [-0.05, 0) is 58.5 Å². The molecule has 0 spiro atoms. The third-order valence-electron chi connectivity index (χ3n) is 8.62. The maximum absolute atomic E-state index is 9.61. The Bertz CT molecular complexity index is 1900. The zero-order valence-corrected chi connectivity index (χ0v) is 22.5. The van der Waals surface area contributed by atoms with Crippen LogP contribution < -0.4 is 30.8 Å². The molecule has 41 heavy (non-hydrogen) atoms. The van der Waals surface area contributed by atoms with E-state index in [-0.39, 0.29) is 12.1 Å². The van der Waals surface area contributed by atoms with Gasteiger partial charge in [-0.15, -0.1) is 0 Å². The highest BCUT2D eigenvalue weighted by atomic mass is 16.5. The summed E-state index contributed by atoms with van der Waals surface area (Å²) in [6.45, 7) is 4.38. The highest BCUT2D eigenvalue weighted by Crippen LogP contribution is 2.52. The fraction of sp³-hybridized carbons (Fsp3) is 0.0857. The van der Waals surface area contributed by atoms with Crippen molar-refractivity contribution in [1.29, 1.82) is 10.5 Å². The molecule has 0 radical (unpaired) electrons. The number of ether oxygens (including phenoxy) is 2. The first-order chi connectivity index (χ1) is 20.0. The van der Waals surface area contributed by atoms with Crippen LogP contribution in [0.4, 0.5) is 17.1 Å². The van der Waals surface area contributed by atoms with Gasteiger partial charge in [0, 0.05) is 23.0 Å². The minimum absolute atomic E-state index is 0.151. The zero-order chi connectivity index (χ0) is 27.9. The van der Waals surface area contributed by atoms with E-state index in [2.05, 4.69) is 91.5 Å². The molecule has 3 aliphatic heterocycles. The average Bonchev–Trinajstić information content (AvgIpc) is 3.00. The highest BCUT2D eigenvalue weighted by Gasteiger charge is 2.42. The van der Waals surface area contributed by atoms with Gasteiger partial charge in [0.1, 0.15) is 23.0 Å². The van der Waals surface area contributed by atoms with Crippen molar-refractivity contribution in [2.75, 3.05) is 4.90 Å². The van der Waals surface area contributed by atoms with Crippen LogP contribution >= 0.6 is 0 Å². The maximum Gasteiger partial charge on any atom is 0.260 e. The first-order valence-corrected chi connectivity index (χ1v) is 13.6. The van der Waals surface area contributed by atoms with E-state index in [1.807, 2.05) is 24.3 Å². The standard InChI is InChI=1S/C35H22BN3O2/c1-35(2)24-7-3-5-9-28(24)39(29-10-6-4-8-25(29)35)23-17-32-34-33(18-23)41-31-16-22(20-38)12-14-27(31)36(34)26-13-11-21(19-37)15-30(26)40-32/h3-18H,1-2H3. The van der Waals surface area contributed by atoms with Gasteiger partial charge in [-0.3, -0.25) is 0 Å². The second-order valence-electron chi connectivity index (χ2n) is 11.2. The van der Waals surface area contributed by atoms with Gasteiger partial charge in [-0.25, -0.2) is 0 Å². The third-order valence-corrected chi connectivity index (χ3v) is 8.62. The van der Waals surface area contributed by atoms with Gasteiger partial charge in [0.05, 0.1) is 40.3 Å². The SMILES string of the molecule is CC1(C)c2ccccc2N(c2cc3c4c(c2)Oc2cc(C#N)ccc2B4c2ccc(C#N)cc2O3)c2ccccc21. The molecule has 0 saturated heterocycles. The molecule has 192 valence electrons.